The summed E-state index contributed by atoms with van der Waals surface area (Å²) in [4.78, 5) is 12.3. The number of fused-ring (bicyclic) bond motifs is 1. The molecule has 0 radical (unpaired) electrons. The minimum Gasteiger partial charge on any atom is -0.411 e. The molecule has 6 heteroatoms. The van der Waals surface area contributed by atoms with Gasteiger partial charge in [-0.1, -0.05) is 41.5 Å². The van der Waals surface area contributed by atoms with Crippen molar-refractivity contribution < 1.29 is 13.6 Å². The first kappa shape index (κ1) is 22.8. The second-order valence-corrected chi connectivity index (χ2v) is 21.6. The highest BCUT2D eigenvalue weighted by Crippen LogP contribution is 2.51. The minimum atomic E-state index is -1.96. The van der Waals surface area contributed by atoms with Crippen LogP contribution in [0.3, 0.4) is 0 Å². The highest BCUT2D eigenvalue weighted by Gasteiger charge is 2.52. The average molecular weight is 509 g/mol. The van der Waals surface area contributed by atoms with Crippen LogP contribution in [0.2, 0.25) is 36.3 Å². The molecule has 1 fully saturated rings. The van der Waals surface area contributed by atoms with Crippen LogP contribution >= 0.6 is 22.6 Å². The largest absolute Gasteiger partial charge is 0.411 e. The number of Topliss-reactive ketones (excluding diaryl/α,β-unsaturated/α-hetero) is 1. The highest BCUT2D eigenvalue weighted by molar-refractivity contribution is 14.1. The van der Waals surface area contributed by atoms with Gasteiger partial charge >= 0.3 is 0 Å². The van der Waals surface area contributed by atoms with Crippen LogP contribution in [0.1, 0.15) is 54.4 Å². The first-order chi connectivity index (χ1) is 11.5. The Bertz CT molecular complexity index is 612. The van der Waals surface area contributed by atoms with Gasteiger partial charge < -0.3 is 8.85 Å². The number of carbonyl (C=O) groups excluding carboxylic acids is 1. The van der Waals surface area contributed by atoms with Crippen molar-refractivity contribution in [1.82, 2.24) is 0 Å². The average Bonchev–Trinajstić information content (AvgIpc) is 2.85. The first-order valence-corrected chi connectivity index (χ1v) is 16.7. The van der Waals surface area contributed by atoms with Crippen molar-refractivity contribution in [1.29, 1.82) is 0 Å². The van der Waals surface area contributed by atoms with E-state index in [2.05, 4.69) is 90.3 Å². The number of carbonyl (C=O) groups is 1. The molecule has 2 aliphatic carbocycles. The zero-order chi connectivity index (χ0) is 20.3. The first-order valence-electron chi connectivity index (χ1n) is 9.76. The summed E-state index contributed by atoms with van der Waals surface area (Å²) in [5.74, 6) is 0.610. The molecular weight excluding hydrogens is 471 g/mol. The van der Waals surface area contributed by atoms with Crippen LogP contribution in [0.15, 0.2) is 9.15 Å². The number of rotatable bonds is 4. The maximum absolute atomic E-state index is 12.3. The van der Waals surface area contributed by atoms with E-state index < -0.39 is 16.6 Å². The third kappa shape index (κ3) is 4.24. The van der Waals surface area contributed by atoms with E-state index in [1.165, 1.54) is 5.57 Å². The fraction of sp³-hybridized carbons (Fsp3) is 0.850. The molecule has 0 aromatic heterocycles. The maximum Gasteiger partial charge on any atom is 0.193 e. The van der Waals surface area contributed by atoms with Gasteiger partial charge in [0.05, 0.1) is 15.8 Å². The molecule has 0 heterocycles. The number of hydrogen-bond acceptors (Lipinski definition) is 3. The van der Waals surface area contributed by atoms with Gasteiger partial charge in [0.1, 0.15) is 0 Å². The third-order valence-electron chi connectivity index (χ3n) is 7.01. The van der Waals surface area contributed by atoms with E-state index in [0.717, 1.165) is 10.0 Å². The molecular formula is C20H37IO3Si2. The fourth-order valence-electron chi connectivity index (χ4n) is 3.23. The Morgan fingerprint density at radius 3 is 1.85 bits per heavy atom. The Hall–Kier alpha value is 0.494. The zero-order valence-electron chi connectivity index (χ0n) is 18.2. The molecule has 150 valence electrons. The smallest absolute Gasteiger partial charge is 0.193 e. The van der Waals surface area contributed by atoms with Crippen LogP contribution in [-0.2, 0) is 13.6 Å². The Kier molecular flexibility index (Phi) is 6.20. The minimum absolute atomic E-state index is 0.0478. The van der Waals surface area contributed by atoms with E-state index >= 15 is 0 Å². The number of allylic oxidation sites excluding steroid dienone is 1. The molecule has 3 nitrogen and oxygen atoms in total. The fourth-order valence-corrected chi connectivity index (χ4v) is 6.80. The lowest BCUT2D eigenvalue weighted by molar-refractivity contribution is -0.114. The van der Waals surface area contributed by atoms with Crippen molar-refractivity contribution in [3.05, 3.63) is 9.15 Å². The van der Waals surface area contributed by atoms with Crippen molar-refractivity contribution in [2.24, 2.45) is 5.92 Å². The number of hydrogen-bond donors (Lipinski definition) is 0. The molecule has 0 bridgehead atoms. The summed E-state index contributed by atoms with van der Waals surface area (Å²) >= 11 is 2.25. The highest BCUT2D eigenvalue weighted by atomic mass is 127. The van der Waals surface area contributed by atoms with Crippen LogP contribution in [0.25, 0.3) is 0 Å². The van der Waals surface area contributed by atoms with Gasteiger partial charge in [0, 0.05) is 6.42 Å². The molecule has 0 aromatic carbocycles. The van der Waals surface area contributed by atoms with E-state index in [0.29, 0.717) is 18.1 Å². The van der Waals surface area contributed by atoms with Crippen molar-refractivity contribution in [2.45, 2.75) is 103 Å². The Morgan fingerprint density at radius 1 is 0.923 bits per heavy atom. The van der Waals surface area contributed by atoms with E-state index in [1.807, 2.05) is 0 Å². The van der Waals surface area contributed by atoms with Crippen molar-refractivity contribution in [3.8, 4) is 0 Å². The van der Waals surface area contributed by atoms with Crippen molar-refractivity contribution in [3.63, 3.8) is 0 Å². The lowest BCUT2D eigenvalue weighted by Gasteiger charge is -2.43. The monoisotopic (exact) mass is 508 g/mol. The van der Waals surface area contributed by atoms with Crippen molar-refractivity contribution >= 4 is 45.0 Å². The molecule has 26 heavy (non-hydrogen) atoms. The van der Waals surface area contributed by atoms with Gasteiger partial charge in [0.15, 0.2) is 22.4 Å². The summed E-state index contributed by atoms with van der Waals surface area (Å²) in [6.45, 7) is 22.9. The summed E-state index contributed by atoms with van der Waals surface area (Å²) in [6.07, 6.45) is 1.61. The number of halogens is 1. The van der Waals surface area contributed by atoms with Gasteiger partial charge in [-0.3, -0.25) is 4.79 Å². The van der Waals surface area contributed by atoms with E-state index in [1.54, 1.807) is 0 Å². The van der Waals surface area contributed by atoms with Gasteiger partial charge in [-0.2, -0.15) is 0 Å². The SMILES string of the molecule is CC(C)(C)[Si](C)(C)O[C@@H]1C2=C(I)C(=O)C[C@H]2C[C@H]1O[Si](C)(C)C(C)(C)C. The predicted molar refractivity (Wildman–Crippen MR) is 123 cm³/mol. The third-order valence-corrected chi connectivity index (χ3v) is 17.2. The standard InChI is InChI=1S/C20H37IO3Si2/c1-19(2,3)25(7,8)23-15-12-13-11-14(22)17(21)16(13)18(15)24-26(9,10)20(4,5)6/h13,15,18H,11-12H2,1-10H3/t13-,15+,18-/m0/s1. The van der Waals surface area contributed by atoms with Gasteiger partial charge in [0.25, 0.3) is 0 Å². The normalized spacial score (nSPS) is 28.1. The second-order valence-electron chi connectivity index (χ2n) is 11.0. The van der Waals surface area contributed by atoms with Crippen LogP contribution in [0, 0.1) is 5.92 Å². The molecule has 0 unspecified atom stereocenters. The van der Waals surface area contributed by atoms with Gasteiger partial charge in [-0.15, -0.1) is 0 Å². The Labute approximate surface area is 176 Å². The van der Waals surface area contributed by atoms with Crippen LogP contribution < -0.4 is 0 Å². The molecule has 1 saturated carbocycles. The molecule has 0 aromatic rings. The Balaban J connectivity index is 2.38. The second kappa shape index (κ2) is 7.08. The number of ketones is 1. The van der Waals surface area contributed by atoms with E-state index in [4.69, 9.17) is 8.85 Å². The summed E-state index contributed by atoms with van der Waals surface area (Å²) < 4.78 is 14.6. The lowest BCUT2D eigenvalue weighted by atomic mass is 10.1. The molecule has 0 N–H and O–H groups in total. The molecule has 0 saturated heterocycles. The molecule has 2 aliphatic rings. The van der Waals surface area contributed by atoms with Gasteiger partial charge in [-0.05, 0) is 76.8 Å². The van der Waals surface area contributed by atoms with E-state index in [-0.39, 0.29) is 22.3 Å². The summed E-state index contributed by atoms with van der Waals surface area (Å²) in [5.41, 5.74) is 1.24. The van der Waals surface area contributed by atoms with Crippen molar-refractivity contribution in [2.75, 3.05) is 0 Å². The molecule has 0 amide bonds. The predicted octanol–water partition coefficient (Wildman–Crippen LogP) is 6.45. The summed E-state index contributed by atoms with van der Waals surface area (Å²) in [7, 11) is -3.85. The van der Waals surface area contributed by atoms with Gasteiger partial charge in [0.2, 0.25) is 0 Å². The summed E-state index contributed by atoms with van der Waals surface area (Å²) in [6, 6.07) is 0. The van der Waals surface area contributed by atoms with Crippen LogP contribution in [-0.4, -0.2) is 34.6 Å². The quantitative estimate of drug-likeness (QED) is 0.324. The zero-order valence-corrected chi connectivity index (χ0v) is 22.4. The molecule has 3 atom stereocenters. The summed E-state index contributed by atoms with van der Waals surface area (Å²) in [5, 5.41) is 0.310. The van der Waals surface area contributed by atoms with E-state index in [9.17, 15) is 4.79 Å². The lowest BCUT2D eigenvalue weighted by Crippen LogP contribution is -2.50. The molecule has 0 aliphatic heterocycles. The van der Waals surface area contributed by atoms with Gasteiger partial charge in [-0.25, -0.2) is 0 Å². The van der Waals surface area contributed by atoms with Crippen LogP contribution in [0.5, 0.6) is 0 Å². The maximum atomic E-state index is 12.3. The molecule has 2 rings (SSSR count). The van der Waals surface area contributed by atoms with Crippen LogP contribution in [0.4, 0.5) is 0 Å². The molecule has 0 spiro atoms. The topological polar surface area (TPSA) is 35.5 Å². The Morgan fingerprint density at radius 2 is 1.38 bits per heavy atom.